The standard InChI is InChI=1S/C19H32N4S.HI/c1-16-7-10-23(11-8-16)15-18-6-4-5-17(13-18)14-22-19(20-2)21-9-12-24-3;/h4-6,13,16H,7-12,14-15H2,1-3H3,(H2,20,21,22);1H. The monoisotopic (exact) mass is 476 g/mol. The number of piperidine rings is 1. The fourth-order valence-electron chi connectivity index (χ4n) is 2.99. The van der Waals surface area contributed by atoms with Crippen molar-refractivity contribution in [1.29, 1.82) is 0 Å². The van der Waals surface area contributed by atoms with Crippen LogP contribution < -0.4 is 10.6 Å². The van der Waals surface area contributed by atoms with Crippen LogP contribution in [-0.2, 0) is 13.1 Å². The Bertz CT molecular complexity index is 516. The third-order valence-electron chi connectivity index (χ3n) is 4.56. The molecule has 2 rings (SSSR count). The predicted molar refractivity (Wildman–Crippen MR) is 122 cm³/mol. The first-order valence-electron chi connectivity index (χ1n) is 8.95. The number of hydrogen-bond acceptors (Lipinski definition) is 3. The number of guanidine groups is 1. The van der Waals surface area contributed by atoms with Crippen molar-refractivity contribution in [3.05, 3.63) is 35.4 Å². The minimum absolute atomic E-state index is 0. The van der Waals surface area contributed by atoms with Crippen LogP contribution in [0.4, 0.5) is 0 Å². The SMILES string of the molecule is CN=C(NCCSC)NCc1cccc(CN2CCC(C)CC2)c1.I. The molecule has 0 saturated carbocycles. The molecule has 4 nitrogen and oxygen atoms in total. The summed E-state index contributed by atoms with van der Waals surface area (Å²) in [6.45, 7) is 7.65. The van der Waals surface area contributed by atoms with Crippen molar-refractivity contribution < 1.29 is 0 Å². The van der Waals surface area contributed by atoms with E-state index in [0.29, 0.717) is 0 Å². The van der Waals surface area contributed by atoms with Gasteiger partial charge in [0.2, 0.25) is 0 Å². The van der Waals surface area contributed by atoms with Crippen LogP contribution in [0, 0.1) is 5.92 Å². The Kier molecular flexibility index (Phi) is 11.6. The summed E-state index contributed by atoms with van der Waals surface area (Å²) in [6, 6.07) is 8.92. The highest BCUT2D eigenvalue weighted by atomic mass is 127. The van der Waals surface area contributed by atoms with Gasteiger partial charge in [0.1, 0.15) is 0 Å². The van der Waals surface area contributed by atoms with E-state index in [2.05, 4.69) is 58.0 Å². The highest BCUT2D eigenvalue weighted by Crippen LogP contribution is 2.18. The van der Waals surface area contributed by atoms with Gasteiger partial charge in [0.15, 0.2) is 5.96 Å². The van der Waals surface area contributed by atoms with E-state index in [-0.39, 0.29) is 24.0 Å². The molecular formula is C19H33IN4S. The highest BCUT2D eigenvalue weighted by molar-refractivity contribution is 14.0. The molecule has 0 spiro atoms. The fraction of sp³-hybridized carbons (Fsp3) is 0.632. The molecule has 1 aliphatic heterocycles. The lowest BCUT2D eigenvalue weighted by molar-refractivity contribution is 0.185. The van der Waals surface area contributed by atoms with Crippen LogP contribution in [0.3, 0.4) is 0 Å². The van der Waals surface area contributed by atoms with Gasteiger partial charge in [-0.1, -0.05) is 31.2 Å². The second kappa shape index (κ2) is 12.8. The summed E-state index contributed by atoms with van der Waals surface area (Å²) in [5, 5.41) is 6.73. The number of benzene rings is 1. The van der Waals surface area contributed by atoms with Crippen molar-refractivity contribution in [3.63, 3.8) is 0 Å². The summed E-state index contributed by atoms with van der Waals surface area (Å²) in [4.78, 5) is 6.85. The average Bonchev–Trinajstić information content (AvgIpc) is 2.60. The third-order valence-corrected chi connectivity index (χ3v) is 5.17. The molecule has 0 unspecified atom stereocenters. The van der Waals surface area contributed by atoms with Crippen LogP contribution in [0.25, 0.3) is 0 Å². The second-order valence-corrected chi connectivity index (χ2v) is 7.61. The van der Waals surface area contributed by atoms with Crippen molar-refractivity contribution in [2.24, 2.45) is 10.9 Å². The quantitative estimate of drug-likeness (QED) is 0.273. The third kappa shape index (κ3) is 8.64. The van der Waals surface area contributed by atoms with E-state index in [1.54, 1.807) is 0 Å². The molecule has 0 atom stereocenters. The van der Waals surface area contributed by atoms with Crippen LogP contribution in [0.2, 0.25) is 0 Å². The van der Waals surface area contributed by atoms with E-state index in [9.17, 15) is 0 Å². The Balaban J connectivity index is 0.00000312. The molecule has 1 aliphatic rings. The molecule has 0 aromatic heterocycles. The average molecular weight is 476 g/mol. The molecule has 25 heavy (non-hydrogen) atoms. The van der Waals surface area contributed by atoms with Crippen molar-refractivity contribution in [2.45, 2.75) is 32.9 Å². The van der Waals surface area contributed by atoms with Crippen molar-refractivity contribution in [3.8, 4) is 0 Å². The Morgan fingerprint density at radius 3 is 2.64 bits per heavy atom. The minimum Gasteiger partial charge on any atom is -0.356 e. The van der Waals surface area contributed by atoms with Crippen LogP contribution in [0.5, 0.6) is 0 Å². The summed E-state index contributed by atoms with van der Waals surface area (Å²) < 4.78 is 0. The molecular weight excluding hydrogens is 443 g/mol. The summed E-state index contributed by atoms with van der Waals surface area (Å²) in [7, 11) is 1.82. The van der Waals surface area contributed by atoms with Gasteiger partial charge in [-0.15, -0.1) is 24.0 Å². The Hall–Kier alpha value is -0.470. The van der Waals surface area contributed by atoms with Crippen molar-refractivity contribution in [1.82, 2.24) is 15.5 Å². The van der Waals surface area contributed by atoms with Crippen LogP contribution in [-0.4, -0.2) is 49.6 Å². The van der Waals surface area contributed by atoms with E-state index >= 15 is 0 Å². The van der Waals surface area contributed by atoms with Crippen LogP contribution in [0.15, 0.2) is 29.3 Å². The maximum atomic E-state index is 4.27. The number of thioether (sulfide) groups is 1. The summed E-state index contributed by atoms with van der Waals surface area (Å²) >= 11 is 1.84. The predicted octanol–water partition coefficient (Wildman–Crippen LogP) is 3.56. The maximum Gasteiger partial charge on any atom is 0.191 e. The number of nitrogens with zero attached hydrogens (tertiary/aromatic N) is 2. The lowest BCUT2D eigenvalue weighted by Crippen LogP contribution is -2.38. The number of nitrogens with one attached hydrogen (secondary N) is 2. The molecule has 0 amide bonds. The molecule has 1 fully saturated rings. The fourth-order valence-corrected chi connectivity index (χ4v) is 3.30. The van der Waals surface area contributed by atoms with E-state index in [4.69, 9.17) is 0 Å². The Morgan fingerprint density at radius 1 is 1.24 bits per heavy atom. The molecule has 1 heterocycles. The lowest BCUT2D eigenvalue weighted by Gasteiger charge is -2.30. The van der Waals surface area contributed by atoms with Gasteiger partial charge >= 0.3 is 0 Å². The van der Waals surface area contributed by atoms with Crippen molar-refractivity contribution >= 4 is 41.7 Å². The number of halogens is 1. The first kappa shape index (κ1) is 22.6. The van der Waals surface area contributed by atoms with Crippen LogP contribution >= 0.6 is 35.7 Å². The highest BCUT2D eigenvalue weighted by Gasteiger charge is 2.15. The first-order chi connectivity index (χ1) is 11.7. The summed E-state index contributed by atoms with van der Waals surface area (Å²) in [6.07, 6.45) is 4.78. The van der Waals surface area contributed by atoms with Gasteiger partial charge in [-0.3, -0.25) is 9.89 Å². The molecule has 1 aromatic rings. The molecule has 142 valence electrons. The number of aliphatic imine (C=N–C) groups is 1. The van der Waals surface area contributed by atoms with Crippen LogP contribution in [0.1, 0.15) is 30.9 Å². The van der Waals surface area contributed by atoms with E-state index in [1.807, 2.05) is 18.8 Å². The topological polar surface area (TPSA) is 39.7 Å². The molecule has 2 N–H and O–H groups in total. The first-order valence-corrected chi connectivity index (χ1v) is 10.3. The zero-order chi connectivity index (χ0) is 17.2. The Morgan fingerprint density at radius 2 is 1.96 bits per heavy atom. The number of hydrogen-bond donors (Lipinski definition) is 2. The van der Waals surface area contributed by atoms with Gasteiger partial charge < -0.3 is 10.6 Å². The van der Waals surface area contributed by atoms with E-state index in [1.165, 1.54) is 37.1 Å². The molecule has 1 aromatic carbocycles. The van der Waals surface area contributed by atoms with E-state index < -0.39 is 0 Å². The molecule has 0 aliphatic carbocycles. The minimum atomic E-state index is 0. The summed E-state index contributed by atoms with van der Waals surface area (Å²) in [5.41, 5.74) is 2.72. The number of likely N-dealkylation sites (tertiary alicyclic amines) is 1. The van der Waals surface area contributed by atoms with E-state index in [0.717, 1.165) is 37.3 Å². The van der Waals surface area contributed by atoms with Gasteiger partial charge in [0.05, 0.1) is 0 Å². The normalized spacial score (nSPS) is 16.4. The van der Waals surface area contributed by atoms with Gasteiger partial charge in [-0.25, -0.2) is 0 Å². The molecule has 0 bridgehead atoms. The largest absolute Gasteiger partial charge is 0.356 e. The van der Waals surface area contributed by atoms with Gasteiger partial charge in [0, 0.05) is 32.4 Å². The number of rotatable bonds is 7. The summed E-state index contributed by atoms with van der Waals surface area (Å²) in [5.74, 6) is 2.85. The molecule has 1 saturated heterocycles. The van der Waals surface area contributed by atoms with Gasteiger partial charge in [-0.05, 0) is 49.2 Å². The molecule has 0 radical (unpaired) electrons. The maximum absolute atomic E-state index is 4.27. The van der Waals surface area contributed by atoms with Gasteiger partial charge in [-0.2, -0.15) is 11.8 Å². The lowest BCUT2D eigenvalue weighted by atomic mass is 9.98. The second-order valence-electron chi connectivity index (χ2n) is 6.62. The Labute approximate surface area is 174 Å². The zero-order valence-electron chi connectivity index (χ0n) is 15.8. The van der Waals surface area contributed by atoms with Crippen molar-refractivity contribution in [2.75, 3.05) is 38.7 Å². The zero-order valence-corrected chi connectivity index (χ0v) is 18.9. The van der Waals surface area contributed by atoms with Gasteiger partial charge in [0.25, 0.3) is 0 Å². The molecule has 6 heteroatoms. The smallest absolute Gasteiger partial charge is 0.191 e.